The molecule has 0 saturated carbocycles. The third kappa shape index (κ3) is 5.69. The first-order valence-electron chi connectivity index (χ1n) is 10.8. The standard InChI is InChI=1S/C26H27N3O3S/c1-28(2)16-7-17-29(26-27-23-18-22(31-3)14-15-24(23)33-26)25(30)19-10-12-21(13-11-19)32-20-8-5-4-6-9-20/h4-6,8-15,18H,7,16-17H2,1-3H3. The number of hydrogen-bond acceptors (Lipinski definition) is 6. The summed E-state index contributed by atoms with van der Waals surface area (Å²) in [6, 6.07) is 22.6. The van der Waals surface area contributed by atoms with Gasteiger partial charge in [0.2, 0.25) is 0 Å². The van der Waals surface area contributed by atoms with Crippen LogP contribution < -0.4 is 14.4 Å². The van der Waals surface area contributed by atoms with Crippen LogP contribution in [0.25, 0.3) is 10.2 Å². The summed E-state index contributed by atoms with van der Waals surface area (Å²) in [4.78, 5) is 22.1. The Balaban J connectivity index is 1.57. The summed E-state index contributed by atoms with van der Waals surface area (Å²) in [7, 11) is 5.69. The van der Waals surface area contributed by atoms with Gasteiger partial charge in [-0.1, -0.05) is 29.5 Å². The summed E-state index contributed by atoms with van der Waals surface area (Å²) >= 11 is 1.51. The molecule has 170 valence electrons. The number of anilines is 1. The Morgan fingerprint density at radius 1 is 0.909 bits per heavy atom. The Morgan fingerprint density at radius 3 is 2.30 bits per heavy atom. The van der Waals surface area contributed by atoms with Crippen molar-refractivity contribution in [2.75, 3.05) is 39.2 Å². The highest BCUT2D eigenvalue weighted by Gasteiger charge is 2.21. The van der Waals surface area contributed by atoms with Crippen LogP contribution in [0.5, 0.6) is 17.2 Å². The van der Waals surface area contributed by atoms with Crippen LogP contribution in [0.15, 0.2) is 72.8 Å². The molecular formula is C26H27N3O3S. The molecule has 0 saturated heterocycles. The number of carbonyl (C=O) groups is 1. The quantitative estimate of drug-likeness (QED) is 0.320. The van der Waals surface area contributed by atoms with Gasteiger partial charge in [-0.05, 0) is 75.6 Å². The molecule has 0 aliphatic rings. The van der Waals surface area contributed by atoms with Crippen molar-refractivity contribution >= 4 is 32.6 Å². The van der Waals surface area contributed by atoms with E-state index in [-0.39, 0.29) is 5.91 Å². The number of nitrogens with zero attached hydrogens (tertiary/aromatic N) is 3. The van der Waals surface area contributed by atoms with Gasteiger partial charge in [0.1, 0.15) is 17.2 Å². The van der Waals surface area contributed by atoms with Crippen molar-refractivity contribution in [1.29, 1.82) is 0 Å². The number of benzene rings is 3. The number of para-hydroxylation sites is 1. The summed E-state index contributed by atoms with van der Waals surface area (Å²) in [6.45, 7) is 1.46. The summed E-state index contributed by atoms with van der Waals surface area (Å²) in [5, 5.41) is 0.687. The minimum Gasteiger partial charge on any atom is -0.497 e. The van der Waals surface area contributed by atoms with Crippen molar-refractivity contribution in [3.63, 3.8) is 0 Å². The van der Waals surface area contributed by atoms with Gasteiger partial charge in [0.15, 0.2) is 5.13 Å². The third-order valence-corrected chi connectivity index (χ3v) is 6.19. The fraction of sp³-hybridized carbons (Fsp3) is 0.231. The number of ether oxygens (including phenoxy) is 2. The maximum Gasteiger partial charge on any atom is 0.260 e. The molecule has 1 aromatic heterocycles. The van der Waals surface area contributed by atoms with E-state index in [9.17, 15) is 4.79 Å². The van der Waals surface area contributed by atoms with Gasteiger partial charge in [0, 0.05) is 18.2 Å². The van der Waals surface area contributed by atoms with Crippen LogP contribution in [0, 0.1) is 0 Å². The average Bonchev–Trinajstić information content (AvgIpc) is 3.25. The first-order valence-corrected chi connectivity index (χ1v) is 11.6. The predicted octanol–water partition coefficient (Wildman–Crippen LogP) is 5.70. The van der Waals surface area contributed by atoms with Gasteiger partial charge in [0.05, 0.1) is 17.3 Å². The summed E-state index contributed by atoms with van der Waals surface area (Å²) in [5.41, 5.74) is 1.42. The Hall–Kier alpha value is -3.42. The molecule has 33 heavy (non-hydrogen) atoms. The lowest BCUT2D eigenvalue weighted by atomic mass is 10.2. The number of aromatic nitrogens is 1. The smallest absolute Gasteiger partial charge is 0.260 e. The SMILES string of the molecule is COc1ccc2sc(N(CCCN(C)C)C(=O)c3ccc(Oc4ccccc4)cc3)nc2c1. The third-order valence-electron chi connectivity index (χ3n) is 5.13. The summed E-state index contributed by atoms with van der Waals surface area (Å²) in [5.74, 6) is 2.11. The molecule has 4 rings (SSSR count). The van der Waals surface area contributed by atoms with Crippen LogP contribution in [-0.2, 0) is 0 Å². The first-order chi connectivity index (χ1) is 16.0. The van der Waals surface area contributed by atoms with Crippen molar-refractivity contribution in [3.8, 4) is 17.2 Å². The van der Waals surface area contributed by atoms with Crippen molar-refractivity contribution in [2.24, 2.45) is 0 Å². The summed E-state index contributed by atoms with van der Waals surface area (Å²) in [6.07, 6.45) is 0.840. The highest BCUT2D eigenvalue weighted by Crippen LogP contribution is 2.32. The zero-order chi connectivity index (χ0) is 23.2. The van der Waals surface area contributed by atoms with Crippen LogP contribution in [0.1, 0.15) is 16.8 Å². The van der Waals surface area contributed by atoms with E-state index in [2.05, 4.69) is 4.90 Å². The molecule has 0 aliphatic carbocycles. The van der Waals surface area contributed by atoms with Crippen molar-refractivity contribution in [2.45, 2.75) is 6.42 Å². The van der Waals surface area contributed by atoms with Gasteiger partial charge in [-0.3, -0.25) is 9.69 Å². The number of methoxy groups -OCH3 is 1. The van der Waals surface area contributed by atoms with Crippen LogP contribution in [0.2, 0.25) is 0 Å². The van der Waals surface area contributed by atoms with Gasteiger partial charge < -0.3 is 14.4 Å². The number of amides is 1. The molecule has 7 heteroatoms. The van der Waals surface area contributed by atoms with E-state index in [0.29, 0.717) is 23.0 Å². The molecule has 1 amide bonds. The molecule has 0 radical (unpaired) electrons. The molecule has 0 atom stereocenters. The number of hydrogen-bond donors (Lipinski definition) is 0. The normalized spacial score (nSPS) is 11.0. The number of thiazole rings is 1. The lowest BCUT2D eigenvalue weighted by molar-refractivity contribution is 0.0986. The van der Waals surface area contributed by atoms with Crippen molar-refractivity contribution in [1.82, 2.24) is 9.88 Å². The maximum atomic E-state index is 13.5. The largest absolute Gasteiger partial charge is 0.497 e. The van der Waals surface area contributed by atoms with Crippen molar-refractivity contribution < 1.29 is 14.3 Å². The fourth-order valence-corrected chi connectivity index (χ4v) is 4.38. The molecule has 6 nitrogen and oxygen atoms in total. The number of fused-ring (bicyclic) bond motifs is 1. The Labute approximate surface area is 198 Å². The van der Waals surface area contributed by atoms with Crippen molar-refractivity contribution in [3.05, 3.63) is 78.4 Å². The maximum absolute atomic E-state index is 13.5. The van der Waals surface area contributed by atoms with E-state index in [1.807, 2.05) is 74.8 Å². The lowest BCUT2D eigenvalue weighted by Gasteiger charge is -2.21. The molecule has 0 fully saturated rings. The molecule has 0 spiro atoms. The van der Waals surface area contributed by atoms with Crippen LogP contribution in [0.3, 0.4) is 0 Å². The van der Waals surface area contributed by atoms with E-state index in [1.165, 1.54) is 11.3 Å². The second kappa shape index (κ2) is 10.5. The zero-order valence-corrected chi connectivity index (χ0v) is 19.8. The molecule has 0 N–H and O–H groups in total. The van der Waals surface area contributed by atoms with E-state index in [1.54, 1.807) is 24.1 Å². The predicted molar refractivity (Wildman–Crippen MR) is 134 cm³/mol. The van der Waals surface area contributed by atoms with Gasteiger partial charge in [0.25, 0.3) is 5.91 Å². The zero-order valence-electron chi connectivity index (χ0n) is 19.0. The molecule has 3 aromatic carbocycles. The second-order valence-corrected chi connectivity index (χ2v) is 8.89. The topological polar surface area (TPSA) is 54.9 Å². The highest BCUT2D eigenvalue weighted by molar-refractivity contribution is 7.22. The highest BCUT2D eigenvalue weighted by atomic mass is 32.1. The Kier molecular flexibility index (Phi) is 7.22. The molecule has 0 unspecified atom stereocenters. The summed E-state index contributed by atoms with van der Waals surface area (Å²) < 4.78 is 12.2. The van der Waals surface area contributed by atoms with Crippen LogP contribution in [-0.4, -0.2) is 50.1 Å². The monoisotopic (exact) mass is 461 g/mol. The van der Waals surface area contributed by atoms with E-state index < -0.39 is 0 Å². The van der Waals surface area contributed by atoms with Gasteiger partial charge >= 0.3 is 0 Å². The van der Waals surface area contributed by atoms with Gasteiger partial charge in [-0.15, -0.1) is 0 Å². The van der Waals surface area contributed by atoms with E-state index in [0.717, 1.165) is 34.7 Å². The Morgan fingerprint density at radius 2 is 1.61 bits per heavy atom. The number of carbonyl (C=O) groups excluding carboxylic acids is 1. The molecule has 1 heterocycles. The van der Waals surface area contributed by atoms with Crippen LogP contribution >= 0.6 is 11.3 Å². The minimum absolute atomic E-state index is 0.0777. The Bertz CT molecular complexity index is 1210. The second-order valence-electron chi connectivity index (χ2n) is 7.88. The van der Waals surface area contributed by atoms with Crippen LogP contribution in [0.4, 0.5) is 5.13 Å². The first kappa shape index (κ1) is 22.8. The number of rotatable bonds is 9. The van der Waals surface area contributed by atoms with E-state index >= 15 is 0 Å². The molecule has 4 aromatic rings. The average molecular weight is 462 g/mol. The minimum atomic E-state index is -0.0777. The van der Waals surface area contributed by atoms with Gasteiger partial charge in [-0.25, -0.2) is 4.98 Å². The van der Waals surface area contributed by atoms with Gasteiger partial charge in [-0.2, -0.15) is 0 Å². The molecule has 0 bridgehead atoms. The van der Waals surface area contributed by atoms with E-state index in [4.69, 9.17) is 14.5 Å². The molecular weight excluding hydrogens is 434 g/mol. The fourth-order valence-electron chi connectivity index (χ4n) is 3.41. The molecule has 0 aliphatic heterocycles. The lowest BCUT2D eigenvalue weighted by Crippen LogP contribution is -2.33.